The van der Waals surface area contributed by atoms with Crippen molar-refractivity contribution in [2.45, 2.75) is 19.0 Å². The van der Waals surface area contributed by atoms with E-state index in [1.165, 1.54) is 12.2 Å². The Hall–Kier alpha value is -3.51. The summed E-state index contributed by atoms with van der Waals surface area (Å²) in [5.74, 6) is -3.40. The maximum atomic E-state index is 14.2. The molecule has 0 aliphatic heterocycles. The number of nitrogens with one attached hydrogen (secondary N) is 2. The molecule has 3 N–H and O–H groups in total. The van der Waals surface area contributed by atoms with Crippen LogP contribution in [0, 0.1) is 5.41 Å². The number of halogens is 4. The standard InChI is InChI=1S/C24H22ClF3N2O6S/c1-36-21(32)10-13-37(34,35)30-19-14-16(6-7-20(19)31)29-22(33)23(24(26,27)28)11-8-15(9-12-23)17-4-2-3-5-18(17)25/h2-9,11,14,30-31H,10,12-13H2,1H3,(H,29,33). The zero-order valence-corrected chi connectivity index (χ0v) is 20.9. The van der Waals surface area contributed by atoms with Gasteiger partial charge in [0.25, 0.3) is 0 Å². The summed E-state index contributed by atoms with van der Waals surface area (Å²) in [7, 11) is -3.05. The van der Waals surface area contributed by atoms with E-state index in [4.69, 9.17) is 11.6 Å². The van der Waals surface area contributed by atoms with Crippen molar-refractivity contribution in [1.29, 1.82) is 0 Å². The second-order valence-corrected chi connectivity index (χ2v) is 10.3. The van der Waals surface area contributed by atoms with E-state index in [-0.39, 0.29) is 5.69 Å². The number of esters is 1. The molecule has 2 aromatic rings. The van der Waals surface area contributed by atoms with Crippen molar-refractivity contribution in [3.05, 3.63) is 71.3 Å². The largest absolute Gasteiger partial charge is 0.506 e. The van der Waals surface area contributed by atoms with Crippen LogP contribution in [-0.4, -0.2) is 44.4 Å². The highest BCUT2D eigenvalue weighted by Gasteiger charge is 2.58. The molecule has 3 rings (SSSR count). The number of hydrogen-bond donors (Lipinski definition) is 3. The molecule has 1 unspecified atom stereocenters. The zero-order chi connectivity index (χ0) is 27.4. The molecule has 37 heavy (non-hydrogen) atoms. The fourth-order valence-corrected chi connectivity index (χ4v) is 4.80. The zero-order valence-electron chi connectivity index (χ0n) is 19.3. The quantitative estimate of drug-likeness (QED) is 0.241. The Morgan fingerprint density at radius 1 is 1.19 bits per heavy atom. The van der Waals surface area contributed by atoms with Crippen molar-refractivity contribution in [2.75, 3.05) is 22.9 Å². The monoisotopic (exact) mass is 558 g/mol. The molecule has 1 atom stereocenters. The molecule has 0 fully saturated rings. The number of ether oxygens (including phenoxy) is 1. The van der Waals surface area contributed by atoms with Crippen LogP contribution in [-0.2, 0) is 24.3 Å². The van der Waals surface area contributed by atoms with Crippen molar-refractivity contribution in [3.63, 3.8) is 0 Å². The fourth-order valence-electron chi connectivity index (χ4n) is 3.52. The molecule has 0 bridgehead atoms. The van der Waals surface area contributed by atoms with E-state index in [1.807, 2.05) is 4.72 Å². The van der Waals surface area contributed by atoms with E-state index in [1.54, 1.807) is 24.3 Å². The summed E-state index contributed by atoms with van der Waals surface area (Å²) in [5, 5.41) is 12.5. The van der Waals surface area contributed by atoms with Gasteiger partial charge < -0.3 is 15.2 Å². The summed E-state index contributed by atoms with van der Waals surface area (Å²) in [6.07, 6.45) is -2.93. The van der Waals surface area contributed by atoms with Crippen LogP contribution in [0.15, 0.2) is 60.7 Å². The third kappa shape index (κ3) is 6.44. The number of methoxy groups -OCH3 is 1. The molecule has 1 aliphatic carbocycles. The second-order valence-electron chi connectivity index (χ2n) is 8.08. The second kappa shape index (κ2) is 10.9. The van der Waals surface area contributed by atoms with E-state index in [2.05, 4.69) is 10.1 Å². The van der Waals surface area contributed by atoms with E-state index in [0.29, 0.717) is 16.2 Å². The molecule has 0 saturated heterocycles. The van der Waals surface area contributed by atoms with E-state index in [9.17, 15) is 36.3 Å². The van der Waals surface area contributed by atoms with Crippen LogP contribution in [0.25, 0.3) is 5.57 Å². The topological polar surface area (TPSA) is 122 Å². The minimum absolute atomic E-state index is 0.202. The molecule has 1 amide bonds. The highest BCUT2D eigenvalue weighted by molar-refractivity contribution is 7.92. The van der Waals surface area contributed by atoms with Crippen molar-refractivity contribution in [3.8, 4) is 5.75 Å². The van der Waals surface area contributed by atoms with Gasteiger partial charge in [-0.05, 0) is 41.8 Å². The lowest BCUT2D eigenvalue weighted by atomic mass is 9.77. The number of allylic oxidation sites excluding steroid dienone is 3. The summed E-state index contributed by atoms with van der Waals surface area (Å²) in [5.41, 5.74) is -2.57. The normalized spacial score (nSPS) is 17.6. The number of sulfonamides is 1. The first-order chi connectivity index (χ1) is 17.3. The number of benzene rings is 2. The molecule has 0 spiro atoms. The maximum absolute atomic E-state index is 14.2. The molecule has 13 heteroatoms. The Morgan fingerprint density at radius 3 is 2.49 bits per heavy atom. The first kappa shape index (κ1) is 28.1. The Kier molecular flexibility index (Phi) is 8.23. The molecule has 0 heterocycles. The predicted octanol–water partition coefficient (Wildman–Crippen LogP) is 4.88. The number of hydrogen-bond acceptors (Lipinski definition) is 6. The number of carbonyl (C=O) groups excluding carboxylic acids is 2. The molecule has 198 valence electrons. The van der Waals surface area contributed by atoms with Crippen LogP contribution in [0.5, 0.6) is 5.75 Å². The predicted molar refractivity (Wildman–Crippen MR) is 132 cm³/mol. The number of phenolic OH excluding ortho intramolecular Hbond substituents is 1. The molecule has 0 radical (unpaired) electrons. The van der Waals surface area contributed by atoms with Gasteiger partial charge in [-0.3, -0.25) is 14.3 Å². The van der Waals surface area contributed by atoms with Crippen molar-refractivity contribution in [1.82, 2.24) is 0 Å². The molecule has 2 aromatic carbocycles. The third-order valence-electron chi connectivity index (χ3n) is 5.61. The van der Waals surface area contributed by atoms with Crippen LogP contribution in [0.2, 0.25) is 5.02 Å². The SMILES string of the molecule is COC(=O)CCS(=O)(=O)Nc1cc(NC(=O)C2(C(F)(F)F)C=CC(c3ccccc3Cl)=CC2)ccc1O. The van der Waals surface area contributed by atoms with Gasteiger partial charge in [0.05, 0.1) is 25.0 Å². The van der Waals surface area contributed by atoms with Crippen molar-refractivity contribution < 1.29 is 41.0 Å². The number of carbonyl (C=O) groups is 2. The summed E-state index contributed by atoms with van der Waals surface area (Å²) in [6, 6.07) is 9.67. The van der Waals surface area contributed by atoms with Crippen molar-refractivity contribution in [2.24, 2.45) is 5.41 Å². The summed E-state index contributed by atoms with van der Waals surface area (Å²) < 4.78 is 73.3. The first-order valence-electron chi connectivity index (χ1n) is 10.7. The highest BCUT2D eigenvalue weighted by Crippen LogP contribution is 2.47. The van der Waals surface area contributed by atoms with Gasteiger partial charge in [-0.2, -0.15) is 13.2 Å². The number of amides is 1. The molecule has 0 saturated carbocycles. The Labute approximate surface area is 215 Å². The van der Waals surface area contributed by atoms with Gasteiger partial charge in [0.2, 0.25) is 15.9 Å². The van der Waals surface area contributed by atoms with Crippen LogP contribution in [0.1, 0.15) is 18.4 Å². The summed E-state index contributed by atoms with van der Waals surface area (Å²) >= 11 is 6.14. The highest BCUT2D eigenvalue weighted by atomic mass is 35.5. The minimum Gasteiger partial charge on any atom is -0.506 e. The minimum atomic E-state index is -4.97. The van der Waals surface area contributed by atoms with Crippen molar-refractivity contribution >= 4 is 50.4 Å². The van der Waals surface area contributed by atoms with Crippen LogP contribution >= 0.6 is 11.6 Å². The number of rotatable bonds is 8. The number of anilines is 2. The lowest BCUT2D eigenvalue weighted by Gasteiger charge is -2.33. The third-order valence-corrected chi connectivity index (χ3v) is 7.21. The van der Waals surface area contributed by atoms with Gasteiger partial charge in [-0.1, -0.05) is 48.0 Å². The average molecular weight is 559 g/mol. The van der Waals surface area contributed by atoms with E-state index in [0.717, 1.165) is 31.4 Å². The van der Waals surface area contributed by atoms with Gasteiger partial charge in [0.15, 0.2) is 5.41 Å². The average Bonchev–Trinajstić information content (AvgIpc) is 2.84. The van der Waals surface area contributed by atoms with Gasteiger partial charge in [-0.15, -0.1) is 0 Å². The van der Waals surface area contributed by atoms with Gasteiger partial charge in [-0.25, -0.2) is 8.42 Å². The first-order valence-corrected chi connectivity index (χ1v) is 12.7. The number of aromatic hydroxyl groups is 1. The van der Waals surface area contributed by atoms with Gasteiger partial charge in [0, 0.05) is 10.7 Å². The van der Waals surface area contributed by atoms with E-state index < -0.39 is 63.5 Å². The van der Waals surface area contributed by atoms with Crippen LogP contribution in [0.4, 0.5) is 24.5 Å². The molecule has 8 nitrogen and oxygen atoms in total. The van der Waals surface area contributed by atoms with Crippen LogP contribution < -0.4 is 10.0 Å². The lowest BCUT2D eigenvalue weighted by Crippen LogP contribution is -2.47. The van der Waals surface area contributed by atoms with Gasteiger partial charge >= 0.3 is 12.1 Å². The summed E-state index contributed by atoms with van der Waals surface area (Å²) in [4.78, 5) is 24.2. The molecule has 1 aliphatic rings. The fraction of sp³-hybridized carbons (Fsp3) is 0.250. The van der Waals surface area contributed by atoms with Crippen LogP contribution in [0.3, 0.4) is 0 Å². The number of alkyl halides is 3. The number of phenols is 1. The summed E-state index contributed by atoms with van der Waals surface area (Å²) in [6.45, 7) is 0. The van der Waals surface area contributed by atoms with Gasteiger partial charge in [0.1, 0.15) is 5.75 Å². The lowest BCUT2D eigenvalue weighted by molar-refractivity contribution is -0.203. The molecule has 0 aromatic heterocycles. The Balaban J connectivity index is 1.83. The van der Waals surface area contributed by atoms with E-state index >= 15 is 0 Å². The smallest absolute Gasteiger partial charge is 0.406 e. The molecular formula is C24H22ClF3N2O6S. The molecular weight excluding hydrogens is 537 g/mol. The Bertz CT molecular complexity index is 1370. The Morgan fingerprint density at radius 2 is 1.89 bits per heavy atom. The maximum Gasteiger partial charge on any atom is 0.406 e.